The van der Waals surface area contributed by atoms with Crippen molar-refractivity contribution >= 4 is 0 Å². The minimum absolute atomic E-state index is 0.00167. The number of nitrogens with two attached hydrogens (primary N) is 1. The lowest BCUT2D eigenvalue weighted by Gasteiger charge is -2.15. The van der Waals surface area contributed by atoms with Gasteiger partial charge in [-0.1, -0.05) is 6.07 Å². The number of hydrogen-bond donors (Lipinski definition) is 2. The Labute approximate surface area is 118 Å². The van der Waals surface area contributed by atoms with Crippen molar-refractivity contribution in [3.8, 4) is 11.5 Å². The van der Waals surface area contributed by atoms with Gasteiger partial charge in [0.15, 0.2) is 11.5 Å². The predicted molar refractivity (Wildman–Crippen MR) is 76.5 cm³/mol. The second-order valence-corrected chi connectivity index (χ2v) is 4.56. The molecule has 6 nitrogen and oxygen atoms in total. The lowest BCUT2D eigenvalue weighted by Crippen LogP contribution is -2.29. The first-order valence-corrected chi connectivity index (χ1v) is 6.33. The number of benzene rings is 1. The van der Waals surface area contributed by atoms with E-state index in [0.29, 0.717) is 5.75 Å². The Balaban J connectivity index is 2.19. The lowest BCUT2D eigenvalue weighted by molar-refractivity contribution is 0.354. The molecule has 108 valence electrons. The molecular weight excluding hydrogens is 256 g/mol. The van der Waals surface area contributed by atoms with Gasteiger partial charge < -0.3 is 9.47 Å². The predicted octanol–water partition coefficient (Wildman–Crippen LogP) is 1.18. The van der Waals surface area contributed by atoms with Crippen molar-refractivity contribution in [2.75, 3.05) is 14.2 Å². The molecule has 1 heterocycles. The number of hydrogen-bond acceptors (Lipinski definition) is 5. The van der Waals surface area contributed by atoms with Gasteiger partial charge in [0.2, 0.25) is 0 Å². The lowest BCUT2D eigenvalue weighted by atomic mass is 10.0. The van der Waals surface area contributed by atoms with Crippen LogP contribution in [-0.2, 0) is 13.5 Å². The number of nitrogens with zero attached hydrogens (tertiary/aromatic N) is 2. The van der Waals surface area contributed by atoms with Crippen molar-refractivity contribution in [3.05, 3.63) is 41.7 Å². The minimum Gasteiger partial charge on any atom is -0.493 e. The zero-order chi connectivity index (χ0) is 14.5. The van der Waals surface area contributed by atoms with Crippen LogP contribution in [0.3, 0.4) is 0 Å². The van der Waals surface area contributed by atoms with E-state index in [4.69, 9.17) is 15.3 Å². The number of ether oxygens (including phenoxy) is 2. The maximum atomic E-state index is 5.65. The van der Waals surface area contributed by atoms with Crippen LogP contribution >= 0.6 is 0 Å². The number of hydrazine groups is 1. The van der Waals surface area contributed by atoms with Crippen LogP contribution in [0.5, 0.6) is 11.5 Å². The molecule has 1 aromatic carbocycles. The normalized spacial score (nSPS) is 12.2. The molecule has 0 aliphatic carbocycles. The Morgan fingerprint density at radius 2 is 2.05 bits per heavy atom. The highest BCUT2D eigenvalue weighted by atomic mass is 16.5. The highest BCUT2D eigenvalue weighted by Crippen LogP contribution is 2.29. The zero-order valence-electron chi connectivity index (χ0n) is 12.0. The molecule has 6 heteroatoms. The maximum Gasteiger partial charge on any atom is 0.160 e. The minimum atomic E-state index is 0.00167. The fourth-order valence-electron chi connectivity index (χ4n) is 2.14. The van der Waals surface area contributed by atoms with Gasteiger partial charge in [-0.25, -0.2) is 0 Å². The third kappa shape index (κ3) is 3.09. The standard InChI is InChI=1S/C14H20N4O2/c1-18-9-11(8-16-18)12(17-15)6-10-4-5-13(19-2)14(7-10)20-3/h4-5,7-9,12,17H,6,15H2,1-3H3. The third-order valence-corrected chi connectivity index (χ3v) is 3.22. The van der Waals surface area contributed by atoms with Crippen molar-refractivity contribution in [2.24, 2.45) is 12.9 Å². The Kier molecular flexibility index (Phi) is 4.60. The molecular formula is C14H20N4O2. The Morgan fingerprint density at radius 1 is 1.30 bits per heavy atom. The highest BCUT2D eigenvalue weighted by molar-refractivity contribution is 5.43. The molecule has 0 spiro atoms. The van der Waals surface area contributed by atoms with Crippen molar-refractivity contribution in [1.29, 1.82) is 0 Å². The number of rotatable bonds is 6. The molecule has 2 aromatic rings. The van der Waals surface area contributed by atoms with Crippen LogP contribution in [0.2, 0.25) is 0 Å². The Bertz CT molecular complexity index is 568. The summed E-state index contributed by atoms with van der Waals surface area (Å²) in [6.07, 6.45) is 4.50. The highest BCUT2D eigenvalue weighted by Gasteiger charge is 2.14. The Morgan fingerprint density at radius 3 is 2.60 bits per heavy atom. The van der Waals surface area contributed by atoms with Crippen LogP contribution in [0, 0.1) is 0 Å². The molecule has 3 N–H and O–H groups in total. The summed E-state index contributed by atoms with van der Waals surface area (Å²) in [5, 5.41) is 4.16. The van der Waals surface area contributed by atoms with E-state index >= 15 is 0 Å². The van der Waals surface area contributed by atoms with Gasteiger partial charge in [-0.05, 0) is 24.1 Å². The second-order valence-electron chi connectivity index (χ2n) is 4.56. The molecule has 0 amide bonds. The smallest absolute Gasteiger partial charge is 0.160 e. The van der Waals surface area contributed by atoms with Gasteiger partial charge in [-0.3, -0.25) is 16.0 Å². The molecule has 0 aliphatic rings. The summed E-state index contributed by atoms with van der Waals surface area (Å²) >= 11 is 0. The van der Waals surface area contributed by atoms with Gasteiger partial charge in [0.1, 0.15) is 0 Å². The molecule has 1 atom stereocenters. The van der Waals surface area contributed by atoms with E-state index < -0.39 is 0 Å². The van der Waals surface area contributed by atoms with Crippen molar-refractivity contribution in [2.45, 2.75) is 12.5 Å². The SMILES string of the molecule is COc1ccc(CC(NN)c2cnn(C)c2)cc1OC. The summed E-state index contributed by atoms with van der Waals surface area (Å²) in [5.41, 5.74) is 4.97. The summed E-state index contributed by atoms with van der Waals surface area (Å²) in [4.78, 5) is 0. The summed E-state index contributed by atoms with van der Waals surface area (Å²) in [6, 6.07) is 5.86. The first-order chi connectivity index (χ1) is 9.67. The number of aromatic nitrogens is 2. The van der Waals surface area contributed by atoms with E-state index in [1.54, 1.807) is 18.9 Å². The second kappa shape index (κ2) is 6.40. The molecule has 0 saturated heterocycles. The summed E-state index contributed by atoms with van der Waals surface area (Å²) in [5.74, 6) is 7.08. The molecule has 0 saturated carbocycles. The van der Waals surface area contributed by atoms with Crippen LogP contribution in [0.15, 0.2) is 30.6 Å². The van der Waals surface area contributed by atoms with E-state index in [0.717, 1.165) is 23.3 Å². The van der Waals surface area contributed by atoms with E-state index in [-0.39, 0.29) is 6.04 Å². The largest absolute Gasteiger partial charge is 0.493 e. The molecule has 0 aliphatic heterocycles. The first-order valence-electron chi connectivity index (χ1n) is 6.33. The topological polar surface area (TPSA) is 74.3 Å². The van der Waals surface area contributed by atoms with Crippen LogP contribution in [-0.4, -0.2) is 24.0 Å². The summed E-state index contributed by atoms with van der Waals surface area (Å²) in [6.45, 7) is 0. The van der Waals surface area contributed by atoms with Gasteiger partial charge >= 0.3 is 0 Å². The van der Waals surface area contributed by atoms with Crippen molar-refractivity contribution in [1.82, 2.24) is 15.2 Å². The molecule has 0 bridgehead atoms. The van der Waals surface area contributed by atoms with Gasteiger partial charge in [0, 0.05) is 18.8 Å². The maximum absolute atomic E-state index is 5.65. The molecule has 1 aromatic heterocycles. The third-order valence-electron chi connectivity index (χ3n) is 3.22. The van der Waals surface area contributed by atoms with Gasteiger partial charge in [-0.2, -0.15) is 5.10 Å². The monoisotopic (exact) mass is 276 g/mol. The van der Waals surface area contributed by atoms with E-state index in [1.807, 2.05) is 37.6 Å². The average Bonchev–Trinajstić information content (AvgIpc) is 2.90. The molecule has 20 heavy (non-hydrogen) atoms. The number of methoxy groups -OCH3 is 2. The summed E-state index contributed by atoms with van der Waals surface area (Å²) < 4.78 is 12.3. The van der Waals surface area contributed by atoms with Crippen molar-refractivity contribution < 1.29 is 9.47 Å². The van der Waals surface area contributed by atoms with Crippen LogP contribution in [0.25, 0.3) is 0 Å². The van der Waals surface area contributed by atoms with Crippen LogP contribution in [0.1, 0.15) is 17.2 Å². The Hall–Kier alpha value is -2.05. The van der Waals surface area contributed by atoms with Crippen molar-refractivity contribution in [3.63, 3.8) is 0 Å². The molecule has 0 fully saturated rings. The average molecular weight is 276 g/mol. The first kappa shape index (κ1) is 14.4. The van der Waals surface area contributed by atoms with Crippen LogP contribution in [0.4, 0.5) is 0 Å². The molecule has 2 rings (SSSR count). The number of aryl methyl sites for hydroxylation is 1. The summed E-state index contributed by atoms with van der Waals surface area (Å²) in [7, 11) is 5.13. The van der Waals surface area contributed by atoms with Crippen LogP contribution < -0.4 is 20.7 Å². The van der Waals surface area contributed by atoms with Gasteiger partial charge in [0.05, 0.1) is 26.5 Å². The van der Waals surface area contributed by atoms with Gasteiger partial charge in [0.25, 0.3) is 0 Å². The van der Waals surface area contributed by atoms with E-state index in [1.165, 1.54) is 0 Å². The van der Waals surface area contributed by atoms with Gasteiger partial charge in [-0.15, -0.1) is 0 Å². The quantitative estimate of drug-likeness (QED) is 0.612. The fourth-order valence-corrected chi connectivity index (χ4v) is 2.14. The fraction of sp³-hybridized carbons (Fsp3) is 0.357. The van der Waals surface area contributed by atoms with E-state index in [9.17, 15) is 0 Å². The number of nitrogens with one attached hydrogen (secondary N) is 1. The molecule has 0 radical (unpaired) electrons. The zero-order valence-corrected chi connectivity index (χ0v) is 12.0. The van der Waals surface area contributed by atoms with E-state index in [2.05, 4.69) is 10.5 Å². The molecule has 1 unspecified atom stereocenters.